The number of amides is 1. The summed E-state index contributed by atoms with van der Waals surface area (Å²) in [6.07, 6.45) is 2.06. The van der Waals surface area contributed by atoms with Crippen LogP contribution >= 0.6 is 0 Å². The van der Waals surface area contributed by atoms with E-state index in [1.165, 1.54) is 0 Å². The number of hydrogen-bond acceptors (Lipinski definition) is 5. The molecule has 1 saturated heterocycles. The lowest BCUT2D eigenvalue weighted by atomic mass is 10.1. The van der Waals surface area contributed by atoms with Crippen LogP contribution in [0, 0.1) is 0 Å². The number of piperazine rings is 1. The van der Waals surface area contributed by atoms with Gasteiger partial charge in [-0.1, -0.05) is 12.1 Å². The van der Waals surface area contributed by atoms with Crippen molar-refractivity contribution in [3.63, 3.8) is 0 Å². The maximum atomic E-state index is 12.6. The zero-order chi connectivity index (χ0) is 16.9. The smallest absolute Gasteiger partial charge is 0.253 e. The molecule has 0 unspecified atom stereocenters. The second-order valence-corrected chi connectivity index (χ2v) is 6.26. The summed E-state index contributed by atoms with van der Waals surface area (Å²) in [6, 6.07) is 7.30. The fourth-order valence-corrected chi connectivity index (χ4v) is 3.13. The highest BCUT2D eigenvalue weighted by Gasteiger charge is 2.27. The molecule has 1 aromatic rings. The van der Waals surface area contributed by atoms with E-state index < -0.39 is 0 Å². The van der Waals surface area contributed by atoms with E-state index in [1.807, 2.05) is 29.2 Å². The lowest BCUT2D eigenvalue weighted by molar-refractivity contribution is 0.0324. The molecular formula is C18H25N3O3. The average Bonchev–Trinajstić information content (AvgIpc) is 3.09. The molecule has 6 nitrogen and oxygen atoms in total. The molecule has 3 rings (SSSR count). The Morgan fingerprint density at radius 1 is 1.25 bits per heavy atom. The zero-order valence-electron chi connectivity index (χ0n) is 14.4. The van der Waals surface area contributed by atoms with E-state index in [4.69, 9.17) is 9.57 Å². The highest BCUT2D eigenvalue weighted by atomic mass is 16.6. The Morgan fingerprint density at radius 3 is 2.54 bits per heavy atom. The van der Waals surface area contributed by atoms with Crippen LogP contribution < -0.4 is 4.74 Å². The normalized spacial score (nSPS) is 21.3. The Balaban J connectivity index is 1.47. The highest BCUT2D eigenvalue weighted by molar-refractivity contribution is 5.94. The summed E-state index contributed by atoms with van der Waals surface area (Å²) in [7, 11) is 1.62. The number of carbonyl (C=O) groups is 1. The Kier molecular flexibility index (Phi) is 5.35. The highest BCUT2D eigenvalue weighted by Crippen LogP contribution is 2.17. The molecule has 0 radical (unpaired) electrons. The van der Waals surface area contributed by atoms with Gasteiger partial charge in [-0.15, -0.1) is 0 Å². The molecule has 0 spiro atoms. The van der Waals surface area contributed by atoms with E-state index in [2.05, 4.69) is 17.0 Å². The van der Waals surface area contributed by atoms with Crippen LogP contribution in [0.2, 0.25) is 0 Å². The Hall–Kier alpha value is -2.08. The van der Waals surface area contributed by atoms with Crippen molar-refractivity contribution in [1.82, 2.24) is 9.80 Å². The number of rotatable bonds is 5. The van der Waals surface area contributed by atoms with Gasteiger partial charge in [-0.2, -0.15) is 0 Å². The number of methoxy groups -OCH3 is 1. The molecule has 1 amide bonds. The molecule has 2 heterocycles. The third-order valence-electron chi connectivity index (χ3n) is 4.66. The molecule has 6 heteroatoms. The van der Waals surface area contributed by atoms with Crippen molar-refractivity contribution in [3.05, 3.63) is 29.8 Å². The SMILES string of the molecule is CCC1=NO[C@H](CN2CCN(C(=O)c3ccc(OC)cc3)CC2)C1. The molecule has 0 N–H and O–H groups in total. The maximum Gasteiger partial charge on any atom is 0.253 e. The molecule has 24 heavy (non-hydrogen) atoms. The summed E-state index contributed by atoms with van der Waals surface area (Å²) in [5, 5.41) is 4.11. The molecule has 0 aliphatic carbocycles. The van der Waals surface area contributed by atoms with E-state index in [9.17, 15) is 4.79 Å². The van der Waals surface area contributed by atoms with E-state index in [0.29, 0.717) is 5.56 Å². The zero-order valence-corrected chi connectivity index (χ0v) is 14.4. The molecule has 1 aromatic carbocycles. The van der Waals surface area contributed by atoms with E-state index in [-0.39, 0.29) is 12.0 Å². The number of ether oxygens (including phenoxy) is 1. The van der Waals surface area contributed by atoms with Crippen molar-refractivity contribution < 1.29 is 14.4 Å². The Bertz CT molecular complexity index is 592. The predicted molar refractivity (Wildman–Crippen MR) is 92.6 cm³/mol. The third-order valence-corrected chi connectivity index (χ3v) is 4.66. The van der Waals surface area contributed by atoms with Gasteiger partial charge in [-0.05, 0) is 30.7 Å². The summed E-state index contributed by atoms with van der Waals surface area (Å²) in [4.78, 5) is 22.3. The maximum absolute atomic E-state index is 12.6. The van der Waals surface area contributed by atoms with Crippen LogP contribution in [0.1, 0.15) is 30.1 Å². The van der Waals surface area contributed by atoms with Crippen molar-refractivity contribution in [2.24, 2.45) is 5.16 Å². The first-order valence-electron chi connectivity index (χ1n) is 8.57. The van der Waals surface area contributed by atoms with Gasteiger partial charge in [0, 0.05) is 44.7 Å². The Morgan fingerprint density at radius 2 is 1.96 bits per heavy atom. The minimum absolute atomic E-state index is 0.0889. The van der Waals surface area contributed by atoms with Crippen molar-refractivity contribution in [1.29, 1.82) is 0 Å². The van der Waals surface area contributed by atoms with Crippen LogP contribution in [-0.4, -0.2) is 67.4 Å². The molecule has 0 aromatic heterocycles. The molecular weight excluding hydrogens is 306 g/mol. The van der Waals surface area contributed by atoms with Crippen molar-refractivity contribution >= 4 is 11.6 Å². The van der Waals surface area contributed by atoms with Crippen LogP contribution in [0.15, 0.2) is 29.4 Å². The summed E-state index contributed by atoms with van der Waals surface area (Å²) < 4.78 is 5.13. The molecule has 2 aliphatic heterocycles. The Labute approximate surface area is 143 Å². The van der Waals surface area contributed by atoms with Gasteiger partial charge in [0.25, 0.3) is 5.91 Å². The van der Waals surface area contributed by atoms with Crippen LogP contribution in [0.5, 0.6) is 5.75 Å². The first-order chi connectivity index (χ1) is 11.7. The van der Waals surface area contributed by atoms with Crippen molar-refractivity contribution in [2.45, 2.75) is 25.9 Å². The van der Waals surface area contributed by atoms with Gasteiger partial charge in [0.05, 0.1) is 12.8 Å². The third kappa shape index (κ3) is 3.87. The van der Waals surface area contributed by atoms with Gasteiger partial charge in [0.2, 0.25) is 0 Å². The second kappa shape index (κ2) is 7.66. The lowest BCUT2D eigenvalue weighted by Crippen LogP contribution is -2.50. The van der Waals surface area contributed by atoms with E-state index in [1.54, 1.807) is 7.11 Å². The quantitative estimate of drug-likeness (QED) is 0.828. The number of oxime groups is 1. The van der Waals surface area contributed by atoms with E-state index >= 15 is 0 Å². The second-order valence-electron chi connectivity index (χ2n) is 6.26. The number of hydrogen-bond donors (Lipinski definition) is 0. The number of carbonyl (C=O) groups excluding carboxylic acids is 1. The number of nitrogens with zero attached hydrogens (tertiary/aromatic N) is 3. The average molecular weight is 331 g/mol. The van der Waals surface area contributed by atoms with Gasteiger partial charge < -0.3 is 14.5 Å². The van der Waals surface area contributed by atoms with Gasteiger partial charge in [0.15, 0.2) is 0 Å². The molecule has 130 valence electrons. The molecule has 0 bridgehead atoms. The predicted octanol–water partition coefficient (Wildman–Crippen LogP) is 2.01. The van der Waals surface area contributed by atoms with Crippen LogP contribution in [-0.2, 0) is 4.84 Å². The summed E-state index contributed by atoms with van der Waals surface area (Å²) in [6.45, 7) is 6.25. The standard InChI is InChI=1S/C18H25N3O3/c1-3-15-12-17(24-19-15)13-20-8-10-21(11-9-20)18(22)14-4-6-16(23-2)7-5-14/h4-7,17H,3,8-13H2,1-2H3/t17-/m0/s1. The monoisotopic (exact) mass is 331 g/mol. The molecule has 0 saturated carbocycles. The van der Waals surface area contributed by atoms with Gasteiger partial charge >= 0.3 is 0 Å². The summed E-state index contributed by atoms with van der Waals surface area (Å²) in [5.41, 5.74) is 1.86. The summed E-state index contributed by atoms with van der Waals surface area (Å²) in [5.74, 6) is 0.854. The minimum atomic E-state index is 0.0889. The van der Waals surface area contributed by atoms with E-state index in [0.717, 1.165) is 57.0 Å². The van der Waals surface area contributed by atoms with Crippen LogP contribution in [0.3, 0.4) is 0 Å². The van der Waals surface area contributed by atoms with Crippen LogP contribution in [0.4, 0.5) is 0 Å². The minimum Gasteiger partial charge on any atom is -0.497 e. The lowest BCUT2D eigenvalue weighted by Gasteiger charge is -2.35. The van der Waals surface area contributed by atoms with Gasteiger partial charge in [0.1, 0.15) is 11.9 Å². The fourth-order valence-electron chi connectivity index (χ4n) is 3.13. The molecule has 1 atom stereocenters. The first-order valence-corrected chi connectivity index (χ1v) is 8.57. The van der Waals surface area contributed by atoms with Gasteiger partial charge in [-0.3, -0.25) is 9.69 Å². The van der Waals surface area contributed by atoms with Crippen molar-refractivity contribution in [2.75, 3.05) is 39.8 Å². The largest absolute Gasteiger partial charge is 0.497 e. The van der Waals surface area contributed by atoms with Gasteiger partial charge in [-0.25, -0.2) is 0 Å². The first kappa shape index (κ1) is 16.8. The topological polar surface area (TPSA) is 54.4 Å². The summed E-state index contributed by atoms with van der Waals surface area (Å²) >= 11 is 0. The number of benzene rings is 1. The molecule has 2 aliphatic rings. The fraction of sp³-hybridized carbons (Fsp3) is 0.556. The van der Waals surface area contributed by atoms with Crippen LogP contribution in [0.25, 0.3) is 0 Å². The molecule has 1 fully saturated rings. The van der Waals surface area contributed by atoms with Crippen molar-refractivity contribution in [3.8, 4) is 5.75 Å².